The summed E-state index contributed by atoms with van der Waals surface area (Å²) in [6.45, 7) is -0.305. The van der Waals surface area contributed by atoms with E-state index in [1.54, 1.807) is 30.5 Å². The lowest BCUT2D eigenvalue weighted by molar-refractivity contribution is -0.154. The van der Waals surface area contributed by atoms with E-state index in [1.807, 2.05) is 0 Å². The van der Waals surface area contributed by atoms with Crippen molar-refractivity contribution in [3.05, 3.63) is 126 Å². The summed E-state index contributed by atoms with van der Waals surface area (Å²) in [5, 5.41) is 75.8. The van der Waals surface area contributed by atoms with Crippen molar-refractivity contribution in [2.45, 2.75) is 201 Å². The van der Waals surface area contributed by atoms with E-state index in [1.165, 1.54) is 90.8 Å². The van der Waals surface area contributed by atoms with Crippen LogP contribution in [0.15, 0.2) is 103 Å². The Balaban J connectivity index is 1.17. The van der Waals surface area contributed by atoms with E-state index >= 15 is 47.9 Å². The Morgan fingerprint density at radius 2 is 1.16 bits per heavy atom. The molecule has 4 aromatic carbocycles. The third-order valence-electron chi connectivity index (χ3n) is 21.2. The van der Waals surface area contributed by atoms with Gasteiger partial charge in [-0.15, -0.1) is 0 Å². The highest BCUT2D eigenvalue weighted by Gasteiger charge is 2.44. The number of phenolic OH excluding ortho intramolecular Hbond substituents is 3. The number of nitrogens with zero attached hydrogens (tertiary/aromatic N) is 1. The molecule has 42 nitrogen and oxygen atoms in total. The number of thioether (sulfide) groups is 1. The number of amides is 16. The number of nitrogens with two attached hydrogens (primary N) is 1. The molecule has 5 heterocycles. The molecule has 1 aromatic heterocycles. The number of cyclic esters (lactones) is 1. The Morgan fingerprint density at radius 1 is 0.571 bits per heavy atom. The predicted molar refractivity (Wildman–Crippen MR) is 445 cm³/mol. The van der Waals surface area contributed by atoms with Crippen LogP contribution in [0.4, 0.5) is 0 Å². The molecule has 0 unspecified atom stereocenters. The van der Waals surface area contributed by atoms with E-state index in [9.17, 15) is 63.6 Å². The first-order valence-electron chi connectivity index (χ1n) is 40.8. The van der Waals surface area contributed by atoms with Gasteiger partial charge < -0.3 is 120 Å². The molecular weight excluding hydrogens is 1670 g/mol. The van der Waals surface area contributed by atoms with Crippen molar-refractivity contribution in [3.63, 3.8) is 0 Å². The first-order chi connectivity index (χ1) is 60.1. The fourth-order valence-corrected chi connectivity index (χ4v) is 15.0. The average molecular weight is 1770 g/mol. The summed E-state index contributed by atoms with van der Waals surface area (Å²) in [6, 6.07) is -1.08. The molecule has 43 heteroatoms. The van der Waals surface area contributed by atoms with Crippen LogP contribution < -0.4 is 80.2 Å². The van der Waals surface area contributed by atoms with Crippen LogP contribution in [-0.2, 0) is 126 Å². The highest BCUT2D eigenvalue weighted by atomic mass is 32.2. The quantitative estimate of drug-likeness (QED) is 0.0277. The standard InChI is InChI=1S/C83H103N17O25S/c1-42-70(99-78(117)59(37-65(84)105)89-67(107)40-87-71(110)57(88-43(2)101)33-44-13-19-48(102)20-14-44)81(120)93-56(29-32-126-3)75(114)90-53-11-6-7-30-85-66(106)27-25-54(74(113)97-62(83(122)123)35-46-17-23-50(104)24-18-46)91-73(112)55-26-28-68(108)124-41-63(98-80(119)64-12-8-31-100(64)82(121)61(96-72(53)111)34-45-15-21-49(103)22-16-45)79(118)95-60(38-69(109)125-42)77(116)94-58(76(115)92-55)36-47-39-86-52-10-5-4-9-51(47)52/h4-5,9-10,13-24,39,42,53-64,70,86,102-104H,6-8,11-12,25-38,40-41H2,1-3H3,(H2,84,105)(H,85,106)(H,87,110)(H,88,101)(H,89,107)(H,90,114)(H,91,112)(H,92,115)(H,93,120)(H,94,116)(H,95,118)(H,96,111)(H,97,113)(H,98,119)(H,99,117)(H,122,123)/t42-,53+,54-,55-,56-,57+,58-,59+,60-,61+,62+,63-,64-,70-/m0/s1. The lowest BCUT2D eigenvalue weighted by Gasteiger charge is -2.31. The molecule has 14 atom stereocenters. The highest BCUT2D eigenvalue weighted by molar-refractivity contribution is 7.98. The van der Waals surface area contributed by atoms with Crippen molar-refractivity contribution in [3.8, 4) is 17.2 Å². The van der Waals surface area contributed by atoms with Crippen molar-refractivity contribution >= 4 is 135 Å². The van der Waals surface area contributed by atoms with Crippen molar-refractivity contribution in [2.75, 3.05) is 38.2 Å². The van der Waals surface area contributed by atoms with Gasteiger partial charge in [-0.05, 0) is 135 Å². The van der Waals surface area contributed by atoms with Gasteiger partial charge in [0.05, 0.1) is 19.4 Å². The number of phenols is 3. The van der Waals surface area contributed by atoms with Gasteiger partial charge in [-0.25, -0.2) is 4.79 Å². The number of ether oxygens (including phenoxy) is 2. The van der Waals surface area contributed by atoms with E-state index < -0.39 is 255 Å². The third-order valence-corrected chi connectivity index (χ3v) is 21.8. The van der Waals surface area contributed by atoms with E-state index in [0.29, 0.717) is 33.2 Å². The summed E-state index contributed by atoms with van der Waals surface area (Å²) in [5.74, 6) is -22.9. The number of para-hydroxylation sites is 1. The van der Waals surface area contributed by atoms with E-state index in [0.717, 1.165) is 18.7 Å². The Bertz CT molecular complexity index is 4860. The zero-order chi connectivity index (χ0) is 91.4. The molecule has 0 aliphatic carbocycles. The number of carbonyl (C=O) groups is 19. The second kappa shape index (κ2) is 46.0. The zero-order valence-electron chi connectivity index (χ0n) is 69.0. The number of fused-ring (bicyclic) bond motifs is 13. The van der Waals surface area contributed by atoms with Gasteiger partial charge in [0.1, 0.15) is 109 Å². The minimum Gasteiger partial charge on any atom is -0.508 e. The first-order valence-corrected chi connectivity index (χ1v) is 42.2. The maximum absolute atomic E-state index is 15.6. The number of carboxylic acid groups (broad SMARTS) is 1. The Kier molecular flexibility index (Phi) is 35.0. The molecule has 4 aliphatic rings. The lowest BCUT2D eigenvalue weighted by Crippen LogP contribution is -2.62. The van der Waals surface area contributed by atoms with Gasteiger partial charge in [0.25, 0.3) is 0 Å². The van der Waals surface area contributed by atoms with Crippen LogP contribution >= 0.6 is 11.8 Å². The molecule has 4 saturated heterocycles. The molecule has 126 heavy (non-hydrogen) atoms. The average Bonchev–Trinajstić information content (AvgIpc) is 1.67. The zero-order valence-corrected chi connectivity index (χ0v) is 69.9. The second-order valence-electron chi connectivity index (χ2n) is 30.8. The number of aliphatic carboxylic acids is 1. The Morgan fingerprint density at radius 3 is 1.81 bits per heavy atom. The number of aromatic hydroxyl groups is 3. The number of hydrogen-bond acceptors (Lipinski definition) is 25. The number of benzene rings is 4. The lowest BCUT2D eigenvalue weighted by atomic mass is 10.0. The summed E-state index contributed by atoms with van der Waals surface area (Å²) in [6.07, 6.45) is -6.15. The molecule has 9 rings (SSSR count). The predicted octanol–water partition coefficient (Wildman–Crippen LogP) is -4.03. The van der Waals surface area contributed by atoms with Gasteiger partial charge in [0, 0.05) is 75.6 Å². The molecule has 4 fully saturated rings. The molecule has 0 spiro atoms. The van der Waals surface area contributed by atoms with E-state index in [4.69, 9.17) is 15.2 Å². The summed E-state index contributed by atoms with van der Waals surface area (Å²) in [5.41, 5.74) is 7.58. The SMILES string of the molecule is CSCC[C@@H]1NC(=O)[C@@H](NC(=O)[C@@H](CC(N)=O)NC(=O)CNC(=O)[C@@H](Cc2ccc(O)cc2)NC(C)=O)[C@H](C)OC(=O)C[C@@H]2NC(=O)[C@@H]3COC(=O)CC[C@H](NC(=O)[C@H](Cc4c[nH]c5ccccc45)NC2=O)C(=O)N[C@H](C(=O)N[C@H](Cc2ccc(O)cc2)C(=O)O)CCC(=O)NCCCC[C@@H](NC1=O)C(=O)N[C@H](Cc1ccc(O)cc1)C(=O)N1CCC[C@H]1C(=O)N3. The molecule has 21 N–H and O–H groups in total. The van der Waals surface area contributed by atoms with Gasteiger partial charge in [0.15, 0.2) is 0 Å². The maximum atomic E-state index is 15.6. The van der Waals surface area contributed by atoms with Gasteiger partial charge in [-0.3, -0.25) is 86.3 Å². The molecular formula is C83H103N17O25S. The number of aromatic amines is 1. The summed E-state index contributed by atoms with van der Waals surface area (Å²) in [4.78, 5) is 281. The number of rotatable bonds is 23. The maximum Gasteiger partial charge on any atom is 0.326 e. The minimum absolute atomic E-state index is 0.00697. The minimum atomic E-state index is -2.31. The fourth-order valence-electron chi connectivity index (χ4n) is 14.5. The molecule has 5 aromatic rings. The molecule has 16 amide bonds. The summed E-state index contributed by atoms with van der Waals surface area (Å²) in [7, 11) is 0. The topological polar surface area (TPSA) is 637 Å². The number of H-pyrrole nitrogens is 1. The first kappa shape index (κ1) is 95.9. The molecule has 0 radical (unpaired) electrons. The summed E-state index contributed by atoms with van der Waals surface area (Å²) >= 11 is 1.17. The van der Waals surface area contributed by atoms with Crippen molar-refractivity contribution in [1.82, 2.24) is 84.3 Å². The van der Waals surface area contributed by atoms with E-state index in [2.05, 4.69) is 79.4 Å². The Labute approximate surface area is 725 Å². The van der Waals surface area contributed by atoms with Crippen LogP contribution in [0.2, 0.25) is 0 Å². The molecule has 4 bridgehead atoms. The highest BCUT2D eigenvalue weighted by Crippen LogP contribution is 2.25. The molecule has 676 valence electrons. The number of carboxylic acids is 1. The smallest absolute Gasteiger partial charge is 0.326 e. The van der Waals surface area contributed by atoms with Crippen LogP contribution in [-0.4, -0.2) is 266 Å². The van der Waals surface area contributed by atoms with Gasteiger partial charge in [-0.2, -0.15) is 11.8 Å². The summed E-state index contributed by atoms with van der Waals surface area (Å²) < 4.78 is 11.5. The third kappa shape index (κ3) is 28.6. The largest absolute Gasteiger partial charge is 0.508 e. The van der Waals surface area contributed by atoms with Gasteiger partial charge in [-0.1, -0.05) is 54.6 Å². The van der Waals surface area contributed by atoms with Crippen LogP contribution in [0.5, 0.6) is 17.2 Å². The van der Waals surface area contributed by atoms with Crippen molar-refractivity contribution in [1.29, 1.82) is 0 Å². The van der Waals surface area contributed by atoms with Crippen molar-refractivity contribution in [2.24, 2.45) is 5.73 Å². The number of carbonyl (C=O) groups excluding carboxylic acids is 18. The number of primary amides is 1. The normalized spacial score (nSPS) is 23.4. The monoisotopic (exact) mass is 1770 g/mol. The number of aromatic nitrogens is 1. The van der Waals surface area contributed by atoms with Crippen molar-refractivity contribution < 1.29 is 121 Å². The van der Waals surface area contributed by atoms with Crippen LogP contribution in [0, 0.1) is 0 Å². The van der Waals surface area contributed by atoms with E-state index in [-0.39, 0.29) is 93.9 Å². The van der Waals surface area contributed by atoms with Crippen LogP contribution in [0.1, 0.15) is 113 Å². The molecule has 0 saturated carbocycles. The van der Waals surface area contributed by atoms with Crippen LogP contribution in [0.25, 0.3) is 10.9 Å². The Hall–Kier alpha value is -13.9. The number of nitrogens with one attached hydrogen (secondary N) is 15. The van der Waals surface area contributed by atoms with Crippen LogP contribution in [0.3, 0.4) is 0 Å². The molecule has 4 aliphatic heterocycles. The second-order valence-corrected chi connectivity index (χ2v) is 31.8. The van der Waals surface area contributed by atoms with Gasteiger partial charge >= 0.3 is 17.9 Å². The number of hydrogen-bond donors (Lipinski definition) is 20. The number of esters is 2. The van der Waals surface area contributed by atoms with Gasteiger partial charge in [0.2, 0.25) is 94.5 Å². The fraction of sp³-hybridized carbons (Fsp3) is 0.458.